The average Bonchev–Trinajstić information content (AvgIpc) is 3.16. The number of nitrogens with zero attached hydrogens (tertiary/aromatic N) is 1. The minimum Gasteiger partial charge on any atom is -0.497 e. The van der Waals surface area contributed by atoms with Crippen LogP contribution < -0.4 is 14.4 Å². The molecule has 7 nitrogen and oxygen atoms in total. The molecule has 0 amide bonds. The van der Waals surface area contributed by atoms with E-state index in [2.05, 4.69) is 96.8 Å². The number of unbranched alkanes of at least 4 members (excludes halogenated alkanes) is 3. The first-order valence-electron chi connectivity index (χ1n) is 17.5. The number of aryl methyl sites for hydroxylation is 1. The molecule has 5 rings (SSSR count). The highest BCUT2D eigenvalue weighted by atomic mass is 16.7. The third-order valence-electron chi connectivity index (χ3n) is 8.27. The lowest BCUT2D eigenvalue weighted by Crippen LogP contribution is -2.11. The molecule has 0 fully saturated rings. The molecule has 7 heteroatoms. The van der Waals surface area contributed by atoms with Crippen molar-refractivity contribution in [1.29, 1.82) is 0 Å². The molecule has 0 radical (unpaired) electrons. The molecule has 0 saturated heterocycles. The minimum atomic E-state index is -0.727. The van der Waals surface area contributed by atoms with Gasteiger partial charge < -0.3 is 23.8 Å². The summed E-state index contributed by atoms with van der Waals surface area (Å²) in [6.45, 7) is 4.19. The van der Waals surface area contributed by atoms with Crippen LogP contribution in [0.4, 0.5) is 21.9 Å². The highest BCUT2D eigenvalue weighted by Gasteiger charge is 2.12. The van der Waals surface area contributed by atoms with Gasteiger partial charge in [-0.05, 0) is 116 Å². The molecule has 0 bridgehead atoms. The number of hydrogen-bond donors (Lipinski definition) is 0. The number of benzene rings is 5. The summed E-state index contributed by atoms with van der Waals surface area (Å²) in [6.07, 6.45) is 10.8. The molecular weight excluding hydrogens is 650 g/mol. The molecule has 5 aromatic carbocycles. The van der Waals surface area contributed by atoms with Gasteiger partial charge in [0.15, 0.2) is 0 Å². The summed E-state index contributed by atoms with van der Waals surface area (Å²) in [7, 11) is 1.67. The lowest BCUT2D eigenvalue weighted by molar-refractivity contribution is -0.141. The average molecular weight is 696 g/mol. The third-order valence-corrected chi connectivity index (χ3v) is 8.27. The van der Waals surface area contributed by atoms with Crippen molar-refractivity contribution in [3.05, 3.63) is 149 Å². The van der Waals surface area contributed by atoms with Gasteiger partial charge in [0, 0.05) is 24.0 Å². The molecule has 0 aliphatic rings. The minimum absolute atomic E-state index is 0.268. The Bertz CT molecular complexity index is 1930. The van der Waals surface area contributed by atoms with Crippen LogP contribution >= 0.6 is 0 Å². The van der Waals surface area contributed by atoms with E-state index in [1.807, 2.05) is 48.6 Å². The molecule has 0 aliphatic heterocycles. The summed E-state index contributed by atoms with van der Waals surface area (Å²) in [4.78, 5) is 25.3. The predicted molar refractivity (Wildman–Crippen MR) is 210 cm³/mol. The molecule has 0 atom stereocenters. The van der Waals surface area contributed by atoms with Crippen LogP contribution in [0, 0.1) is 6.92 Å². The number of anilines is 3. The highest BCUT2D eigenvalue weighted by Crippen LogP contribution is 2.35. The first-order chi connectivity index (χ1) is 25.4. The Morgan fingerprint density at radius 3 is 1.56 bits per heavy atom. The maximum Gasteiger partial charge on any atom is 0.513 e. The van der Waals surface area contributed by atoms with Gasteiger partial charge in [0.2, 0.25) is 0 Å². The Morgan fingerprint density at radius 2 is 1.04 bits per heavy atom. The van der Waals surface area contributed by atoms with Crippen LogP contribution in [-0.4, -0.2) is 32.4 Å². The zero-order chi connectivity index (χ0) is 36.5. The summed E-state index contributed by atoms with van der Waals surface area (Å²) >= 11 is 0. The Morgan fingerprint density at radius 1 is 0.558 bits per heavy atom. The largest absolute Gasteiger partial charge is 0.513 e. The zero-order valence-corrected chi connectivity index (χ0v) is 30.0. The van der Waals surface area contributed by atoms with Crippen molar-refractivity contribution in [1.82, 2.24) is 0 Å². The van der Waals surface area contributed by atoms with Crippen LogP contribution in [0.5, 0.6) is 11.5 Å². The van der Waals surface area contributed by atoms with Gasteiger partial charge in [-0.1, -0.05) is 90.5 Å². The van der Waals surface area contributed by atoms with Gasteiger partial charge in [0.1, 0.15) is 11.5 Å². The fourth-order valence-corrected chi connectivity index (χ4v) is 5.45. The van der Waals surface area contributed by atoms with Crippen molar-refractivity contribution in [3.63, 3.8) is 0 Å². The van der Waals surface area contributed by atoms with E-state index in [4.69, 9.17) is 18.9 Å². The van der Waals surface area contributed by atoms with Crippen LogP contribution in [0.1, 0.15) is 60.4 Å². The SMILES string of the molecule is COc1ccc(C=Cc2ccc(N(c3ccc(C)cc3)c3ccc(C=Cc4cccc(OC(=O)OCCCCCCOC(C)=O)c4)cc3)cc2)cc1. The van der Waals surface area contributed by atoms with Gasteiger partial charge in [-0.2, -0.15) is 0 Å². The van der Waals surface area contributed by atoms with Crippen LogP contribution in [-0.2, 0) is 14.3 Å². The van der Waals surface area contributed by atoms with E-state index in [0.717, 1.165) is 70.7 Å². The van der Waals surface area contributed by atoms with E-state index >= 15 is 0 Å². The summed E-state index contributed by atoms with van der Waals surface area (Å²) in [6, 6.07) is 40.8. The number of hydrogen-bond acceptors (Lipinski definition) is 7. The fourth-order valence-electron chi connectivity index (χ4n) is 5.45. The van der Waals surface area contributed by atoms with Crippen molar-refractivity contribution >= 4 is 53.5 Å². The molecule has 0 unspecified atom stereocenters. The summed E-state index contributed by atoms with van der Waals surface area (Å²) < 4.78 is 20.8. The maximum absolute atomic E-state index is 12.2. The first-order valence-corrected chi connectivity index (χ1v) is 17.5. The number of rotatable bonds is 16. The van der Waals surface area contributed by atoms with Crippen molar-refractivity contribution in [2.24, 2.45) is 0 Å². The Labute approximate surface area is 306 Å². The maximum atomic E-state index is 12.2. The predicted octanol–water partition coefficient (Wildman–Crippen LogP) is 11.5. The molecule has 0 saturated carbocycles. The fraction of sp³-hybridized carbons (Fsp3) is 0.200. The second-order valence-corrected chi connectivity index (χ2v) is 12.3. The molecule has 0 aromatic heterocycles. The molecule has 0 N–H and O–H groups in total. The summed E-state index contributed by atoms with van der Waals surface area (Å²) in [5.41, 5.74) is 8.51. The smallest absolute Gasteiger partial charge is 0.497 e. The quantitative estimate of drug-likeness (QED) is 0.0440. The molecule has 0 aliphatic carbocycles. The molecule has 0 spiro atoms. The van der Waals surface area contributed by atoms with Crippen LogP contribution in [0.3, 0.4) is 0 Å². The van der Waals surface area contributed by atoms with E-state index in [1.54, 1.807) is 19.2 Å². The standard InChI is InChI=1S/C45H45NO6/c1-34-11-23-40(24-12-34)46(41-25-17-36(18-26-41)13-14-38-21-29-43(49-3)30-22-38)42-27-19-37(20-28-42)15-16-39-9-8-10-44(33-39)52-45(48)51-32-7-5-4-6-31-50-35(2)47/h8-30,33H,4-7,31-32H2,1-3H3. The highest BCUT2D eigenvalue weighted by molar-refractivity contribution is 5.79. The molecular formula is C45H45NO6. The van der Waals surface area contributed by atoms with E-state index < -0.39 is 6.16 Å². The summed E-state index contributed by atoms with van der Waals surface area (Å²) in [5, 5.41) is 0. The number of ether oxygens (including phenoxy) is 4. The first kappa shape index (κ1) is 37.2. The van der Waals surface area contributed by atoms with Crippen molar-refractivity contribution in [2.45, 2.75) is 39.5 Å². The van der Waals surface area contributed by atoms with Crippen LogP contribution in [0.15, 0.2) is 121 Å². The van der Waals surface area contributed by atoms with Gasteiger partial charge in [-0.15, -0.1) is 0 Å². The van der Waals surface area contributed by atoms with Crippen LogP contribution in [0.2, 0.25) is 0 Å². The van der Waals surface area contributed by atoms with E-state index in [-0.39, 0.29) is 12.6 Å². The number of carbonyl (C=O) groups is 2. The second kappa shape index (κ2) is 19.3. The molecule has 5 aromatic rings. The second-order valence-electron chi connectivity index (χ2n) is 12.3. The third kappa shape index (κ3) is 11.8. The van der Waals surface area contributed by atoms with E-state index in [0.29, 0.717) is 12.4 Å². The number of esters is 1. The molecule has 52 heavy (non-hydrogen) atoms. The number of carbonyl (C=O) groups excluding carboxylic acids is 2. The lowest BCUT2D eigenvalue weighted by Gasteiger charge is -2.26. The van der Waals surface area contributed by atoms with Gasteiger partial charge in [-0.3, -0.25) is 4.79 Å². The van der Waals surface area contributed by atoms with E-state index in [1.165, 1.54) is 12.5 Å². The van der Waals surface area contributed by atoms with Gasteiger partial charge >= 0.3 is 12.1 Å². The van der Waals surface area contributed by atoms with Crippen molar-refractivity contribution < 1.29 is 28.5 Å². The van der Waals surface area contributed by atoms with Gasteiger partial charge in [0.25, 0.3) is 0 Å². The monoisotopic (exact) mass is 695 g/mol. The van der Waals surface area contributed by atoms with E-state index in [9.17, 15) is 9.59 Å². The normalized spacial score (nSPS) is 11.1. The summed E-state index contributed by atoms with van der Waals surface area (Å²) in [5.74, 6) is 0.989. The number of methoxy groups -OCH3 is 1. The Balaban J connectivity index is 1.19. The molecule has 266 valence electrons. The van der Waals surface area contributed by atoms with Gasteiger partial charge in [0.05, 0.1) is 20.3 Å². The Hall–Kier alpha value is -6.08. The van der Waals surface area contributed by atoms with Crippen molar-refractivity contribution in [3.8, 4) is 11.5 Å². The van der Waals surface area contributed by atoms with Gasteiger partial charge in [-0.25, -0.2) is 4.79 Å². The topological polar surface area (TPSA) is 74.3 Å². The lowest BCUT2D eigenvalue weighted by atomic mass is 10.1. The zero-order valence-electron chi connectivity index (χ0n) is 30.0. The Kier molecular flexibility index (Phi) is 13.8. The molecule has 0 heterocycles. The van der Waals surface area contributed by atoms with Crippen molar-refractivity contribution in [2.75, 3.05) is 25.2 Å². The van der Waals surface area contributed by atoms with Crippen LogP contribution in [0.25, 0.3) is 24.3 Å².